The summed E-state index contributed by atoms with van der Waals surface area (Å²) in [6, 6.07) is 6.73. The summed E-state index contributed by atoms with van der Waals surface area (Å²) in [6.45, 7) is 3.39. The molecule has 1 heterocycles. The largest absolute Gasteiger partial charge is 0.319 e. The molecular weight excluding hydrogens is 244 g/mol. The van der Waals surface area contributed by atoms with E-state index in [-0.39, 0.29) is 11.6 Å². The molecule has 0 saturated heterocycles. The fourth-order valence-electron chi connectivity index (χ4n) is 1.56. The number of H-pyrrole nitrogens is 1. The Kier molecular flexibility index (Phi) is 3.70. The molecule has 0 bridgehead atoms. The lowest BCUT2D eigenvalue weighted by atomic mass is 10.1. The Morgan fingerprint density at radius 2 is 2.16 bits per heavy atom. The lowest BCUT2D eigenvalue weighted by molar-refractivity contribution is 0.100. The second-order valence-electron chi connectivity index (χ2n) is 4.05. The minimum absolute atomic E-state index is 0.0535. The highest BCUT2D eigenvalue weighted by molar-refractivity contribution is 6.02. The summed E-state index contributed by atoms with van der Waals surface area (Å²) in [5.74, 6) is 0.284. The maximum Gasteiger partial charge on any atom is 0.295 e. The van der Waals surface area contributed by atoms with Gasteiger partial charge in [0.2, 0.25) is 5.82 Å². The van der Waals surface area contributed by atoms with Crippen LogP contribution in [0, 0.1) is 0 Å². The summed E-state index contributed by atoms with van der Waals surface area (Å²) < 4.78 is 0. The molecule has 1 aromatic carbocycles. The number of anilines is 1. The van der Waals surface area contributed by atoms with Gasteiger partial charge < -0.3 is 5.32 Å². The molecular formula is C13H14N4O2. The van der Waals surface area contributed by atoms with Crippen LogP contribution >= 0.6 is 0 Å². The van der Waals surface area contributed by atoms with Gasteiger partial charge in [0.1, 0.15) is 5.82 Å². The maximum absolute atomic E-state index is 11.9. The van der Waals surface area contributed by atoms with Gasteiger partial charge >= 0.3 is 0 Å². The summed E-state index contributed by atoms with van der Waals surface area (Å²) in [7, 11) is 0. The van der Waals surface area contributed by atoms with Crippen molar-refractivity contribution in [2.75, 3.05) is 5.32 Å². The van der Waals surface area contributed by atoms with E-state index in [1.165, 1.54) is 6.92 Å². The van der Waals surface area contributed by atoms with Crippen LogP contribution in [0.15, 0.2) is 24.3 Å². The molecule has 6 heteroatoms. The number of rotatable bonds is 4. The summed E-state index contributed by atoms with van der Waals surface area (Å²) in [5, 5.41) is 9.16. The molecule has 19 heavy (non-hydrogen) atoms. The molecule has 98 valence electrons. The lowest BCUT2D eigenvalue weighted by Crippen LogP contribution is -2.14. The third-order valence-electron chi connectivity index (χ3n) is 2.60. The highest BCUT2D eigenvalue weighted by atomic mass is 16.2. The van der Waals surface area contributed by atoms with Crippen LogP contribution in [-0.4, -0.2) is 26.9 Å². The third kappa shape index (κ3) is 3.04. The predicted molar refractivity (Wildman–Crippen MR) is 70.2 cm³/mol. The molecule has 0 aliphatic heterocycles. The molecule has 6 nitrogen and oxygen atoms in total. The van der Waals surface area contributed by atoms with Crippen molar-refractivity contribution in [2.24, 2.45) is 0 Å². The van der Waals surface area contributed by atoms with Gasteiger partial charge in [0.05, 0.1) is 0 Å². The van der Waals surface area contributed by atoms with Gasteiger partial charge in [-0.1, -0.05) is 19.1 Å². The molecule has 2 rings (SSSR count). The van der Waals surface area contributed by atoms with Gasteiger partial charge in [0, 0.05) is 17.7 Å². The van der Waals surface area contributed by atoms with Crippen LogP contribution in [-0.2, 0) is 6.42 Å². The average Bonchev–Trinajstić information content (AvgIpc) is 2.88. The van der Waals surface area contributed by atoms with E-state index in [4.69, 9.17) is 0 Å². The number of amides is 1. The molecule has 2 aromatic rings. The number of aromatic nitrogens is 3. The first-order valence-corrected chi connectivity index (χ1v) is 5.93. The summed E-state index contributed by atoms with van der Waals surface area (Å²) in [5.41, 5.74) is 1.09. The van der Waals surface area contributed by atoms with Gasteiger partial charge in [0.25, 0.3) is 5.91 Å². The smallest absolute Gasteiger partial charge is 0.295 e. The van der Waals surface area contributed by atoms with Crippen LogP contribution < -0.4 is 5.32 Å². The van der Waals surface area contributed by atoms with E-state index in [1.54, 1.807) is 24.3 Å². The van der Waals surface area contributed by atoms with Crippen LogP contribution in [0.5, 0.6) is 0 Å². The van der Waals surface area contributed by atoms with Crippen LogP contribution in [0.1, 0.15) is 40.6 Å². The number of nitrogens with one attached hydrogen (secondary N) is 2. The number of aromatic amines is 1. The molecule has 0 fully saturated rings. The van der Waals surface area contributed by atoms with Gasteiger partial charge in [-0.15, -0.1) is 5.10 Å². The van der Waals surface area contributed by atoms with Gasteiger partial charge in [-0.25, -0.2) is 4.98 Å². The van der Waals surface area contributed by atoms with E-state index in [9.17, 15) is 9.59 Å². The molecule has 0 atom stereocenters. The van der Waals surface area contributed by atoms with E-state index >= 15 is 0 Å². The van der Waals surface area contributed by atoms with Crippen LogP contribution in [0.4, 0.5) is 5.69 Å². The second kappa shape index (κ2) is 5.43. The first-order chi connectivity index (χ1) is 9.10. The number of benzene rings is 1. The van der Waals surface area contributed by atoms with Crippen molar-refractivity contribution in [1.29, 1.82) is 0 Å². The van der Waals surface area contributed by atoms with Crippen molar-refractivity contribution >= 4 is 17.4 Å². The van der Waals surface area contributed by atoms with Gasteiger partial charge in [-0.05, 0) is 19.1 Å². The third-order valence-corrected chi connectivity index (χ3v) is 2.60. The Hall–Kier alpha value is -2.50. The summed E-state index contributed by atoms with van der Waals surface area (Å²) in [6.07, 6.45) is 0.681. The summed E-state index contributed by atoms with van der Waals surface area (Å²) >= 11 is 0. The number of hydrogen-bond acceptors (Lipinski definition) is 4. The van der Waals surface area contributed by atoms with E-state index < -0.39 is 5.91 Å². The Morgan fingerprint density at radius 3 is 2.79 bits per heavy atom. The molecule has 0 radical (unpaired) electrons. The minimum Gasteiger partial charge on any atom is -0.319 e. The van der Waals surface area contributed by atoms with Crippen molar-refractivity contribution < 1.29 is 9.59 Å². The molecule has 2 N–H and O–H groups in total. The van der Waals surface area contributed by atoms with Gasteiger partial charge in [0.15, 0.2) is 5.78 Å². The van der Waals surface area contributed by atoms with Crippen molar-refractivity contribution in [3.8, 4) is 0 Å². The fourth-order valence-corrected chi connectivity index (χ4v) is 1.56. The van der Waals surface area contributed by atoms with Crippen molar-refractivity contribution in [2.45, 2.75) is 20.3 Å². The van der Waals surface area contributed by atoms with E-state index in [0.717, 1.165) is 0 Å². The normalized spacial score (nSPS) is 10.2. The Morgan fingerprint density at radius 1 is 1.37 bits per heavy atom. The standard InChI is InChI=1S/C13H14N4O2/c1-3-11-15-12(17-16-11)13(19)14-10-6-4-5-9(7-10)8(2)18/h4-7H,3H2,1-2H3,(H,14,19)(H,15,16,17). The molecule has 0 unspecified atom stereocenters. The van der Waals surface area contributed by atoms with E-state index in [0.29, 0.717) is 23.5 Å². The topological polar surface area (TPSA) is 87.7 Å². The number of ketones is 1. The fraction of sp³-hybridized carbons (Fsp3) is 0.231. The Bertz CT molecular complexity index is 619. The Labute approximate surface area is 110 Å². The first kappa shape index (κ1) is 12.9. The number of carbonyl (C=O) groups excluding carboxylic acids is 2. The SMILES string of the molecule is CCc1nc(C(=O)Nc2cccc(C(C)=O)c2)n[nH]1. The maximum atomic E-state index is 11.9. The van der Waals surface area contributed by atoms with Crippen molar-refractivity contribution in [1.82, 2.24) is 15.2 Å². The molecule has 0 aliphatic carbocycles. The number of Topliss-reactive ketones (excluding diaryl/α,β-unsaturated/α-hetero) is 1. The molecule has 0 spiro atoms. The highest BCUT2D eigenvalue weighted by Crippen LogP contribution is 2.12. The first-order valence-electron chi connectivity index (χ1n) is 5.93. The van der Waals surface area contributed by atoms with Crippen molar-refractivity contribution in [3.05, 3.63) is 41.5 Å². The zero-order chi connectivity index (χ0) is 13.8. The zero-order valence-corrected chi connectivity index (χ0v) is 10.7. The minimum atomic E-state index is -0.406. The second-order valence-corrected chi connectivity index (χ2v) is 4.05. The predicted octanol–water partition coefficient (Wildman–Crippen LogP) is 1.82. The Balaban J connectivity index is 2.14. The van der Waals surface area contributed by atoms with Crippen LogP contribution in [0.2, 0.25) is 0 Å². The highest BCUT2D eigenvalue weighted by Gasteiger charge is 2.12. The van der Waals surface area contributed by atoms with Crippen LogP contribution in [0.3, 0.4) is 0 Å². The number of hydrogen-bond donors (Lipinski definition) is 2. The number of nitrogens with zero attached hydrogens (tertiary/aromatic N) is 2. The molecule has 1 amide bonds. The molecule has 1 aromatic heterocycles. The molecule has 0 saturated carbocycles. The number of carbonyl (C=O) groups is 2. The summed E-state index contributed by atoms with van der Waals surface area (Å²) in [4.78, 5) is 27.2. The zero-order valence-electron chi connectivity index (χ0n) is 10.7. The monoisotopic (exact) mass is 258 g/mol. The average molecular weight is 258 g/mol. The van der Waals surface area contributed by atoms with Gasteiger partial charge in [-0.3, -0.25) is 14.7 Å². The lowest BCUT2D eigenvalue weighted by Gasteiger charge is -2.03. The van der Waals surface area contributed by atoms with E-state index in [1.807, 2.05) is 6.92 Å². The number of aryl methyl sites for hydroxylation is 1. The van der Waals surface area contributed by atoms with E-state index in [2.05, 4.69) is 20.5 Å². The quantitative estimate of drug-likeness (QED) is 0.819. The van der Waals surface area contributed by atoms with Crippen LogP contribution in [0.25, 0.3) is 0 Å². The van der Waals surface area contributed by atoms with Gasteiger partial charge in [-0.2, -0.15) is 0 Å². The molecule has 0 aliphatic rings. The van der Waals surface area contributed by atoms with Crippen molar-refractivity contribution in [3.63, 3.8) is 0 Å².